The summed E-state index contributed by atoms with van der Waals surface area (Å²) in [6, 6.07) is 29.0. The number of nitrogens with zero attached hydrogens (tertiary/aromatic N) is 1. The first kappa shape index (κ1) is 28.9. The maximum atomic E-state index is 14.1. The summed E-state index contributed by atoms with van der Waals surface area (Å²) in [6.45, 7) is 5.33. The van der Waals surface area contributed by atoms with Crippen molar-refractivity contribution in [3.8, 4) is 11.1 Å². The Balaban J connectivity index is 1.47. The van der Waals surface area contributed by atoms with Crippen molar-refractivity contribution in [3.05, 3.63) is 131 Å². The van der Waals surface area contributed by atoms with Crippen LogP contribution in [0.15, 0.2) is 101 Å². The molecule has 42 heavy (non-hydrogen) atoms. The van der Waals surface area contributed by atoms with Crippen LogP contribution in [0, 0.1) is 6.92 Å². The van der Waals surface area contributed by atoms with Crippen LogP contribution in [0.2, 0.25) is 0 Å². The molecule has 0 aliphatic rings. The number of Topliss-reactive ketones (excluding diaryl/α,β-unsaturated/α-hetero) is 1. The number of alkyl halides is 3. The third-order valence-electron chi connectivity index (χ3n) is 7.58. The first-order valence-electron chi connectivity index (χ1n) is 13.6. The van der Waals surface area contributed by atoms with Gasteiger partial charge in [-0.25, -0.2) is 0 Å². The van der Waals surface area contributed by atoms with E-state index < -0.39 is 11.9 Å². The van der Waals surface area contributed by atoms with Crippen LogP contribution >= 0.6 is 0 Å². The van der Waals surface area contributed by atoms with Crippen LogP contribution in [0.3, 0.4) is 0 Å². The van der Waals surface area contributed by atoms with Crippen LogP contribution in [-0.2, 0) is 24.1 Å². The van der Waals surface area contributed by atoms with Gasteiger partial charge in [-0.3, -0.25) is 9.59 Å². The van der Waals surface area contributed by atoms with Crippen molar-refractivity contribution in [2.75, 3.05) is 0 Å². The molecule has 0 bridgehead atoms. The molecule has 0 radical (unpaired) electrons. The minimum atomic E-state index is -4.62. The highest BCUT2D eigenvalue weighted by atomic mass is 19.4. The van der Waals surface area contributed by atoms with E-state index in [4.69, 9.17) is 4.42 Å². The second-order valence-electron chi connectivity index (χ2n) is 10.6. The van der Waals surface area contributed by atoms with Gasteiger partial charge in [0.2, 0.25) is 5.76 Å². The Hall–Kier alpha value is -4.65. The molecule has 1 heterocycles. The number of benzene rings is 4. The molecule has 0 spiro atoms. The van der Waals surface area contributed by atoms with E-state index in [0.29, 0.717) is 5.56 Å². The largest absolute Gasteiger partial charge is 0.455 e. The summed E-state index contributed by atoms with van der Waals surface area (Å²) < 4.78 is 44.8. The first-order valence-corrected chi connectivity index (χ1v) is 13.6. The minimum absolute atomic E-state index is 0.0431. The molecule has 4 nitrogen and oxygen atoms in total. The lowest BCUT2D eigenvalue weighted by Gasteiger charge is -2.24. The second-order valence-corrected chi connectivity index (χ2v) is 10.6. The highest BCUT2D eigenvalue weighted by Crippen LogP contribution is 2.32. The predicted molar refractivity (Wildman–Crippen MR) is 157 cm³/mol. The number of furan rings is 1. The van der Waals surface area contributed by atoms with Gasteiger partial charge in [0.25, 0.3) is 5.91 Å². The van der Waals surface area contributed by atoms with Crippen molar-refractivity contribution in [2.45, 2.75) is 46.0 Å². The number of hydrogen-bond acceptors (Lipinski definition) is 3. The number of rotatable bonds is 8. The van der Waals surface area contributed by atoms with Gasteiger partial charge in [0.1, 0.15) is 11.5 Å². The lowest BCUT2D eigenvalue weighted by Crippen LogP contribution is -2.30. The van der Waals surface area contributed by atoms with E-state index in [1.165, 1.54) is 11.0 Å². The van der Waals surface area contributed by atoms with E-state index >= 15 is 0 Å². The van der Waals surface area contributed by atoms with Crippen LogP contribution in [0.25, 0.3) is 21.9 Å². The Morgan fingerprint density at radius 2 is 1.57 bits per heavy atom. The zero-order chi connectivity index (χ0) is 30.0. The lowest BCUT2D eigenvalue weighted by molar-refractivity contribution is -0.153. The summed E-state index contributed by atoms with van der Waals surface area (Å²) in [6.07, 6.45) is -4.62. The van der Waals surface area contributed by atoms with Crippen molar-refractivity contribution in [2.24, 2.45) is 0 Å². The standard InChI is InChI=1S/C35H30F3NO3/c1-22-11-14-27-7-4-5-10-31(27)33(22)34(41)39(21-30-17-18-32(42-30)35(36,37)38)20-25-12-15-26(16-13-25)29-9-6-8-28(19-29)23(2)24(3)40/h4-19,23H,20-21H2,1-3H3/t23-/m1/s1. The van der Waals surface area contributed by atoms with E-state index in [9.17, 15) is 22.8 Å². The molecule has 0 N–H and O–H groups in total. The van der Waals surface area contributed by atoms with Crippen LogP contribution in [0.5, 0.6) is 0 Å². The molecule has 0 unspecified atom stereocenters. The van der Waals surface area contributed by atoms with Crippen LogP contribution in [0.4, 0.5) is 13.2 Å². The molecule has 1 aromatic heterocycles. The fourth-order valence-electron chi connectivity index (χ4n) is 5.07. The van der Waals surface area contributed by atoms with Gasteiger partial charge in [-0.1, -0.05) is 91.9 Å². The Labute approximate surface area is 242 Å². The molecule has 5 aromatic rings. The molecule has 0 aliphatic carbocycles. The van der Waals surface area contributed by atoms with Gasteiger partial charge >= 0.3 is 6.18 Å². The Morgan fingerprint density at radius 3 is 2.26 bits per heavy atom. The van der Waals surface area contributed by atoms with Gasteiger partial charge in [-0.15, -0.1) is 0 Å². The van der Waals surface area contributed by atoms with Crippen molar-refractivity contribution in [3.63, 3.8) is 0 Å². The van der Waals surface area contributed by atoms with E-state index in [-0.39, 0.29) is 36.5 Å². The van der Waals surface area contributed by atoms with Crippen LogP contribution < -0.4 is 0 Å². The second kappa shape index (κ2) is 11.7. The molecular formula is C35H30F3NO3. The first-order chi connectivity index (χ1) is 20.0. The molecule has 0 saturated heterocycles. The molecule has 7 heteroatoms. The number of aryl methyl sites for hydroxylation is 1. The molecule has 1 amide bonds. The number of amides is 1. The molecule has 214 valence electrons. The molecule has 5 rings (SSSR count). The van der Waals surface area contributed by atoms with Gasteiger partial charge in [0.15, 0.2) is 0 Å². The third-order valence-corrected chi connectivity index (χ3v) is 7.58. The number of halogens is 3. The monoisotopic (exact) mass is 569 g/mol. The molecule has 0 saturated carbocycles. The van der Waals surface area contributed by atoms with Crippen molar-refractivity contribution < 1.29 is 27.2 Å². The summed E-state index contributed by atoms with van der Waals surface area (Å²) in [4.78, 5) is 27.5. The van der Waals surface area contributed by atoms with E-state index in [0.717, 1.165) is 44.7 Å². The predicted octanol–water partition coefficient (Wildman–Crippen LogP) is 8.96. The molecule has 0 fully saturated rings. The highest BCUT2D eigenvalue weighted by Gasteiger charge is 2.35. The SMILES string of the molecule is CC(=O)[C@@H](C)c1cccc(-c2ccc(CN(Cc3ccc(C(F)(F)F)o3)C(=O)c3c(C)ccc4ccccc34)cc2)c1. The number of ketones is 1. The van der Waals surface area contributed by atoms with Crippen LogP contribution in [0.1, 0.15) is 58.3 Å². The average Bonchev–Trinajstić information content (AvgIpc) is 3.46. The summed E-state index contributed by atoms with van der Waals surface area (Å²) in [5.41, 5.74) is 4.92. The summed E-state index contributed by atoms with van der Waals surface area (Å²) in [7, 11) is 0. The van der Waals surface area contributed by atoms with Gasteiger partial charge in [-0.2, -0.15) is 13.2 Å². The van der Waals surface area contributed by atoms with Crippen molar-refractivity contribution in [1.29, 1.82) is 0 Å². The summed E-state index contributed by atoms with van der Waals surface area (Å²) >= 11 is 0. The summed E-state index contributed by atoms with van der Waals surface area (Å²) in [5.74, 6) is -1.48. The minimum Gasteiger partial charge on any atom is -0.455 e. The maximum Gasteiger partial charge on any atom is 0.449 e. The smallest absolute Gasteiger partial charge is 0.449 e. The van der Waals surface area contributed by atoms with Crippen molar-refractivity contribution >= 4 is 22.5 Å². The zero-order valence-corrected chi connectivity index (χ0v) is 23.5. The lowest BCUT2D eigenvalue weighted by atomic mass is 9.93. The third kappa shape index (κ3) is 6.15. The molecule has 1 atom stereocenters. The Morgan fingerprint density at radius 1 is 0.833 bits per heavy atom. The number of carbonyl (C=O) groups excluding carboxylic acids is 2. The van der Waals surface area contributed by atoms with E-state index in [1.54, 1.807) is 6.92 Å². The zero-order valence-electron chi connectivity index (χ0n) is 23.5. The van der Waals surface area contributed by atoms with E-state index in [2.05, 4.69) is 0 Å². The molecule has 0 aliphatic heterocycles. The molecule has 4 aromatic carbocycles. The van der Waals surface area contributed by atoms with Gasteiger partial charge in [-0.05, 0) is 64.6 Å². The van der Waals surface area contributed by atoms with Crippen LogP contribution in [-0.4, -0.2) is 16.6 Å². The Bertz CT molecular complexity index is 1750. The topological polar surface area (TPSA) is 50.5 Å². The number of fused-ring (bicyclic) bond motifs is 1. The van der Waals surface area contributed by atoms with Gasteiger partial charge in [0.05, 0.1) is 12.1 Å². The number of carbonyl (C=O) groups is 2. The van der Waals surface area contributed by atoms with Gasteiger partial charge in [0, 0.05) is 12.5 Å². The maximum absolute atomic E-state index is 14.1. The Kier molecular flexibility index (Phi) is 8.03. The quantitative estimate of drug-likeness (QED) is 0.187. The number of hydrogen-bond donors (Lipinski definition) is 0. The summed E-state index contributed by atoms with van der Waals surface area (Å²) in [5, 5.41) is 1.67. The normalized spacial score (nSPS) is 12.3. The fourth-order valence-corrected chi connectivity index (χ4v) is 5.07. The average molecular weight is 570 g/mol. The van der Waals surface area contributed by atoms with E-state index in [1.807, 2.05) is 98.8 Å². The highest BCUT2D eigenvalue weighted by molar-refractivity contribution is 6.08. The van der Waals surface area contributed by atoms with Crippen molar-refractivity contribution in [1.82, 2.24) is 4.90 Å². The fraction of sp³-hybridized carbons (Fsp3) is 0.200. The van der Waals surface area contributed by atoms with Gasteiger partial charge < -0.3 is 9.32 Å². The molecular weight excluding hydrogens is 539 g/mol.